The molecule has 2 amide bonds. The van der Waals surface area contributed by atoms with Crippen LogP contribution in [0.3, 0.4) is 0 Å². The molecule has 12 heteroatoms. The largest absolute Gasteiger partial charge is 0.481 e. The number of aliphatic carboxylic acids is 1. The second-order valence-corrected chi connectivity index (χ2v) is 13.1. The Kier molecular flexibility index (Phi) is 8.17. The van der Waals surface area contributed by atoms with Gasteiger partial charge in [0.2, 0.25) is 5.91 Å². The van der Waals surface area contributed by atoms with Gasteiger partial charge >= 0.3 is 12.6 Å². The van der Waals surface area contributed by atoms with Crippen molar-refractivity contribution in [3.8, 4) is 5.75 Å². The minimum Gasteiger partial charge on any atom is -0.481 e. The maximum Gasteiger partial charge on any atom is 0.387 e. The average Bonchev–Trinajstić information content (AvgIpc) is 2.74. The summed E-state index contributed by atoms with van der Waals surface area (Å²) < 4.78 is 59.1. The number of alkyl halides is 2. The van der Waals surface area contributed by atoms with E-state index in [-0.39, 0.29) is 35.7 Å². The molecule has 0 saturated carbocycles. The second-order valence-electron chi connectivity index (χ2n) is 8.97. The van der Waals surface area contributed by atoms with Crippen LogP contribution >= 0.6 is 10.0 Å². The highest BCUT2D eigenvalue weighted by Gasteiger charge is 2.36. The molecule has 0 aromatic heterocycles. The number of ether oxygens (including phenoxy) is 1. The molecule has 36 heavy (non-hydrogen) atoms. The van der Waals surface area contributed by atoms with E-state index in [1.165, 1.54) is 23.1 Å². The van der Waals surface area contributed by atoms with Gasteiger partial charge < -0.3 is 20.1 Å². The summed E-state index contributed by atoms with van der Waals surface area (Å²) in [5, 5.41) is 11.4. The van der Waals surface area contributed by atoms with E-state index < -0.39 is 58.5 Å². The number of carboxylic acid groups (broad SMARTS) is 1. The number of hydrogen-bond acceptors (Lipinski definition) is 4. The van der Waals surface area contributed by atoms with Crippen LogP contribution in [-0.2, 0) is 20.8 Å². The zero-order chi connectivity index (χ0) is 26.8. The second kappa shape index (κ2) is 10.8. The van der Waals surface area contributed by atoms with Gasteiger partial charge in [-0.1, -0.05) is 6.07 Å². The molecule has 2 aromatic rings. The van der Waals surface area contributed by atoms with Crippen molar-refractivity contribution >= 4 is 33.5 Å². The lowest BCUT2D eigenvalue weighted by atomic mass is 9.91. The summed E-state index contributed by atoms with van der Waals surface area (Å²) in [5.41, 5.74) is 0.616. The predicted octanol–water partition coefficient (Wildman–Crippen LogP) is 4.55. The highest BCUT2D eigenvalue weighted by molar-refractivity contribution is 8.32. The molecule has 1 atom stereocenters. The third-order valence-electron chi connectivity index (χ3n) is 5.57. The van der Waals surface area contributed by atoms with E-state index in [0.29, 0.717) is 11.1 Å². The van der Waals surface area contributed by atoms with Gasteiger partial charge in [-0.15, -0.1) is 0 Å². The fraction of sp³-hybridized carbons (Fsp3) is 0.375. The molecule has 1 heterocycles. The van der Waals surface area contributed by atoms with Crippen molar-refractivity contribution in [3.05, 3.63) is 53.1 Å². The number of nitrogens with zero attached hydrogens (tertiary/aromatic N) is 1. The van der Waals surface area contributed by atoms with Crippen molar-refractivity contribution in [3.63, 3.8) is 0 Å². The summed E-state index contributed by atoms with van der Waals surface area (Å²) in [6.07, 6.45) is 4.54. The highest BCUT2D eigenvalue weighted by Crippen LogP contribution is 2.48. The molecule has 2 N–H and O–H groups in total. The summed E-state index contributed by atoms with van der Waals surface area (Å²) in [5.74, 6) is -4.36. The summed E-state index contributed by atoms with van der Waals surface area (Å²) in [7, 11) is -1.74. The van der Waals surface area contributed by atoms with Crippen molar-refractivity contribution < 1.29 is 41.8 Å². The van der Waals surface area contributed by atoms with Crippen LogP contribution in [-0.4, -0.2) is 59.7 Å². The van der Waals surface area contributed by atoms with Gasteiger partial charge in [-0.05, 0) is 60.6 Å². The Morgan fingerprint density at radius 3 is 2.31 bits per heavy atom. The average molecular weight is 531 g/mol. The van der Waals surface area contributed by atoms with Crippen LogP contribution in [0, 0.1) is 11.6 Å². The third kappa shape index (κ3) is 6.28. The molecule has 0 saturated heterocycles. The molecule has 0 fully saturated rings. The lowest BCUT2D eigenvalue weighted by Gasteiger charge is -2.36. The van der Waals surface area contributed by atoms with Crippen LogP contribution < -0.4 is 10.1 Å². The maximum absolute atomic E-state index is 14.7. The zero-order valence-electron chi connectivity index (χ0n) is 19.8. The number of anilines is 1. The fourth-order valence-electron chi connectivity index (χ4n) is 4.12. The molecule has 1 aliphatic rings. The molecule has 0 bridgehead atoms. The number of fused-ring (bicyclic) bond motifs is 1. The van der Waals surface area contributed by atoms with E-state index in [9.17, 15) is 31.9 Å². The standard InChI is InChI=1S/C24H26F4N2O5S/c1-36(2,3)22-17(25)11-14(12-18(22)26)29-23(34)21-16-5-4-15(35-24(27)28)10-13(16)8-9-30(21)19(31)6-7-20(32)33/h4-5,10-12,21,24H,6-9H2,1-3H3,(H,29,34)(H,32,33)/t21-/m1/s1. The topological polar surface area (TPSA) is 95.9 Å². The number of carbonyl (C=O) groups is 3. The van der Waals surface area contributed by atoms with Crippen LogP contribution in [0.25, 0.3) is 0 Å². The number of amides is 2. The summed E-state index contributed by atoms with van der Waals surface area (Å²) in [6, 6.07) is 4.62. The Labute approximate surface area is 206 Å². The summed E-state index contributed by atoms with van der Waals surface area (Å²) in [4.78, 5) is 38.2. The molecule has 1 aliphatic heterocycles. The molecular weight excluding hydrogens is 504 g/mol. The smallest absolute Gasteiger partial charge is 0.387 e. The predicted molar refractivity (Wildman–Crippen MR) is 127 cm³/mol. The Morgan fingerprint density at radius 1 is 1.11 bits per heavy atom. The van der Waals surface area contributed by atoms with Gasteiger partial charge in [0.05, 0.1) is 11.3 Å². The quantitative estimate of drug-likeness (QED) is 0.489. The molecule has 0 aliphatic carbocycles. The monoisotopic (exact) mass is 530 g/mol. The van der Waals surface area contributed by atoms with Crippen LogP contribution in [0.4, 0.5) is 23.2 Å². The first kappa shape index (κ1) is 27.3. The van der Waals surface area contributed by atoms with Gasteiger partial charge in [-0.3, -0.25) is 14.4 Å². The highest BCUT2D eigenvalue weighted by atomic mass is 32.3. The van der Waals surface area contributed by atoms with Crippen molar-refractivity contribution in [2.75, 3.05) is 30.6 Å². The normalized spacial score (nSPS) is 15.9. The fourth-order valence-corrected chi connectivity index (χ4v) is 5.40. The van der Waals surface area contributed by atoms with Crippen LogP contribution in [0.1, 0.15) is 30.0 Å². The van der Waals surface area contributed by atoms with E-state index in [1.54, 1.807) is 18.8 Å². The number of carboxylic acids is 1. The van der Waals surface area contributed by atoms with Gasteiger partial charge in [-0.2, -0.15) is 8.78 Å². The Balaban J connectivity index is 1.97. The first-order valence-electron chi connectivity index (χ1n) is 10.8. The number of rotatable bonds is 8. The summed E-state index contributed by atoms with van der Waals surface area (Å²) in [6.45, 7) is -3.06. The van der Waals surface area contributed by atoms with E-state index in [2.05, 4.69) is 10.1 Å². The van der Waals surface area contributed by atoms with Gasteiger partial charge in [0, 0.05) is 18.7 Å². The van der Waals surface area contributed by atoms with Crippen molar-refractivity contribution in [1.82, 2.24) is 4.90 Å². The molecule has 0 unspecified atom stereocenters. The first-order valence-corrected chi connectivity index (χ1v) is 13.7. The maximum atomic E-state index is 14.7. The number of halogens is 4. The number of nitrogens with one attached hydrogen (secondary N) is 1. The molecule has 2 aromatic carbocycles. The molecule has 3 rings (SSSR count). The first-order chi connectivity index (χ1) is 16.8. The van der Waals surface area contributed by atoms with Crippen LogP contribution in [0.2, 0.25) is 0 Å². The number of carbonyl (C=O) groups excluding carboxylic acids is 2. The van der Waals surface area contributed by atoms with Crippen LogP contribution in [0.5, 0.6) is 5.75 Å². The molecule has 7 nitrogen and oxygen atoms in total. The van der Waals surface area contributed by atoms with Crippen LogP contribution in [0.15, 0.2) is 35.2 Å². The molecule has 0 spiro atoms. The van der Waals surface area contributed by atoms with E-state index in [1.807, 2.05) is 0 Å². The van der Waals surface area contributed by atoms with Gasteiger partial charge in [0.15, 0.2) is 0 Å². The number of hydrogen-bond donors (Lipinski definition) is 2. The summed E-state index contributed by atoms with van der Waals surface area (Å²) >= 11 is 0. The molecular formula is C24H26F4N2O5S. The van der Waals surface area contributed by atoms with Crippen molar-refractivity contribution in [2.24, 2.45) is 0 Å². The lowest BCUT2D eigenvalue weighted by molar-refractivity contribution is -0.143. The molecule has 196 valence electrons. The minimum atomic E-state index is -3.05. The SMILES string of the molecule is CS(C)(C)c1c(F)cc(NC(=O)[C@H]2c3ccc(OC(F)F)cc3CCN2C(=O)CCC(=O)O)cc1F. The van der Waals surface area contributed by atoms with Crippen molar-refractivity contribution in [2.45, 2.75) is 36.8 Å². The van der Waals surface area contributed by atoms with E-state index in [4.69, 9.17) is 5.11 Å². The minimum absolute atomic E-state index is 0.00326. The third-order valence-corrected chi connectivity index (χ3v) is 7.18. The van der Waals surface area contributed by atoms with Gasteiger partial charge in [0.1, 0.15) is 23.4 Å². The Morgan fingerprint density at radius 2 is 1.75 bits per heavy atom. The van der Waals surface area contributed by atoms with Gasteiger partial charge in [0.25, 0.3) is 5.91 Å². The Hall–Kier alpha value is -3.28. The lowest BCUT2D eigenvalue weighted by Crippen LogP contribution is -2.45. The van der Waals surface area contributed by atoms with Gasteiger partial charge in [-0.25, -0.2) is 18.8 Å². The number of benzene rings is 2. The zero-order valence-corrected chi connectivity index (χ0v) is 20.6. The van der Waals surface area contributed by atoms with E-state index in [0.717, 1.165) is 12.1 Å². The van der Waals surface area contributed by atoms with Crippen molar-refractivity contribution in [1.29, 1.82) is 0 Å². The molecule has 0 radical (unpaired) electrons. The van der Waals surface area contributed by atoms with E-state index >= 15 is 0 Å². The Bertz CT molecular complexity index is 1160.